The summed E-state index contributed by atoms with van der Waals surface area (Å²) in [4.78, 5) is 12.6. The van der Waals surface area contributed by atoms with E-state index in [1.165, 1.54) is 24.3 Å². The summed E-state index contributed by atoms with van der Waals surface area (Å²) in [5.41, 5.74) is 0.952. The molecule has 0 spiro atoms. The Morgan fingerprint density at radius 1 is 0.969 bits per heavy atom. The van der Waals surface area contributed by atoms with E-state index in [1.54, 1.807) is 16.9 Å². The van der Waals surface area contributed by atoms with E-state index in [9.17, 15) is 17.6 Å². The fourth-order valence-corrected chi connectivity index (χ4v) is 4.16. The first-order valence-corrected chi connectivity index (χ1v) is 11.2. The van der Waals surface area contributed by atoms with Gasteiger partial charge in [0, 0.05) is 18.0 Å². The van der Waals surface area contributed by atoms with Crippen LogP contribution in [0.15, 0.2) is 90.0 Å². The number of halogens is 2. The molecule has 0 bridgehead atoms. The first-order valence-electron chi connectivity index (χ1n) is 9.32. The van der Waals surface area contributed by atoms with Gasteiger partial charge in [0.15, 0.2) is 5.82 Å². The highest BCUT2D eigenvalue weighted by Crippen LogP contribution is 2.24. The van der Waals surface area contributed by atoms with Gasteiger partial charge in [0.25, 0.3) is 15.9 Å². The van der Waals surface area contributed by atoms with E-state index in [0.717, 1.165) is 23.9 Å². The van der Waals surface area contributed by atoms with E-state index < -0.39 is 21.7 Å². The van der Waals surface area contributed by atoms with Crippen LogP contribution in [-0.4, -0.2) is 24.1 Å². The number of amides is 1. The number of carbonyl (C=O) groups excluding carboxylic acids is 1. The minimum absolute atomic E-state index is 0.0390. The largest absolute Gasteiger partial charge is 0.305 e. The van der Waals surface area contributed by atoms with Crippen LogP contribution in [0.5, 0.6) is 0 Å². The SMILES string of the molecule is O=C(Nc1ccn(-c2ccccc2)n1)c1cc(S(=O)(=O)Nc2ccc(F)cc2)ccc1Cl. The Balaban J connectivity index is 1.55. The number of para-hydroxylation sites is 1. The van der Waals surface area contributed by atoms with E-state index in [2.05, 4.69) is 15.1 Å². The predicted octanol–water partition coefficient (Wildman–Crippen LogP) is 4.72. The van der Waals surface area contributed by atoms with Gasteiger partial charge >= 0.3 is 0 Å². The van der Waals surface area contributed by atoms with Crippen LogP contribution in [0, 0.1) is 5.82 Å². The summed E-state index contributed by atoms with van der Waals surface area (Å²) in [5, 5.41) is 6.98. The van der Waals surface area contributed by atoms with Crippen LogP contribution >= 0.6 is 11.6 Å². The third-order valence-electron chi connectivity index (χ3n) is 4.44. The topological polar surface area (TPSA) is 93.1 Å². The highest BCUT2D eigenvalue weighted by molar-refractivity contribution is 7.92. The molecule has 0 aliphatic rings. The molecule has 4 rings (SSSR count). The Morgan fingerprint density at radius 2 is 1.69 bits per heavy atom. The molecule has 0 radical (unpaired) electrons. The molecular weight excluding hydrogens is 455 g/mol. The van der Waals surface area contributed by atoms with Gasteiger partial charge in [-0.2, -0.15) is 5.10 Å². The highest BCUT2D eigenvalue weighted by Gasteiger charge is 2.20. The lowest BCUT2D eigenvalue weighted by molar-refractivity contribution is 0.102. The lowest BCUT2D eigenvalue weighted by Gasteiger charge is -2.10. The maximum Gasteiger partial charge on any atom is 0.261 e. The monoisotopic (exact) mass is 470 g/mol. The molecule has 0 saturated heterocycles. The molecule has 0 aliphatic heterocycles. The van der Waals surface area contributed by atoms with Crippen molar-refractivity contribution in [1.82, 2.24) is 9.78 Å². The van der Waals surface area contributed by atoms with Crippen molar-refractivity contribution in [2.45, 2.75) is 4.90 Å². The van der Waals surface area contributed by atoms with Crippen molar-refractivity contribution in [2.75, 3.05) is 10.0 Å². The average Bonchev–Trinajstić information content (AvgIpc) is 3.24. The Labute approximate surface area is 188 Å². The van der Waals surface area contributed by atoms with Gasteiger partial charge < -0.3 is 5.32 Å². The Morgan fingerprint density at radius 3 is 2.41 bits per heavy atom. The van der Waals surface area contributed by atoms with Gasteiger partial charge in [0.1, 0.15) is 5.82 Å². The van der Waals surface area contributed by atoms with Crippen LogP contribution in [0.3, 0.4) is 0 Å². The molecule has 0 unspecified atom stereocenters. The maximum absolute atomic E-state index is 13.1. The highest BCUT2D eigenvalue weighted by atomic mass is 35.5. The molecule has 0 aliphatic carbocycles. The number of rotatable bonds is 6. The Bertz CT molecular complexity index is 1370. The van der Waals surface area contributed by atoms with Gasteiger partial charge in [-0.1, -0.05) is 29.8 Å². The molecule has 0 saturated carbocycles. The number of benzene rings is 3. The zero-order valence-electron chi connectivity index (χ0n) is 16.4. The van der Waals surface area contributed by atoms with Crippen molar-refractivity contribution in [2.24, 2.45) is 0 Å². The molecule has 1 amide bonds. The van der Waals surface area contributed by atoms with E-state index in [1.807, 2.05) is 30.3 Å². The second-order valence-corrected chi connectivity index (χ2v) is 8.78. The average molecular weight is 471 g/mol. The van der Waals surface area contributed by atoms with E-state index in [4.69, 9.17) is 11.6 Å². The molecule has 32 heavy (non-hydrogen) atoms. The summed E-state index contributed by atoms with van der Waals surface area (Å²) in [6.45, 7) is 0. The summed E-state index contributed by atoms with van der Waals surface area (Å²) in [7, 11) is -4.03. The molecule has 0 atom stereocenters. The van der Waals surface area contributed by atoms with Crippen molar-refractivity contribution >= 4 is 39.0 Å². The molecule has 3 aromatic carbocycles. The van der Waals surface area contributed by atoms with E-state index in [-0.39, 0.29) is 27.0 Å². The minimum Gasteiger partial charge on any atom is -0.305 e. The van der Waals surface area contributed by atoms with Gasteiger partial charge in [-0.15, -0.1) is 0 Å². The smallest absolute Gasteiger partial charge is 0.261 e. The summed E-state index contributed by atoms with van der Waals surface area (Å²) >= 11 is 6.14. The number of nitrogens with zero attached hydrogens (tertiary/aromatic N) is 2. The maximum atomic E-state index is 13.1. The lowest BCUT2D eigenvalue weighted by Crippen LogP contribution is -2.16. The number of anilines is 2. The van der Waals surface area contributed by atoms with Crippen LogP contribution in [0.1, 0.15) is 10.4 Å². The van der Waals surface area contributed by atoms with Crippen LogP contribution in [-0.2, 0) is 10.0 Å². The van der Waals surface area contributed by atoms with Crippen molar-refractivity contribution in [3.05, 3.63) is 101 Å². The number of hydrogen-bond donors (Lipinski definition) is 2. The van der Waals surface area contributed by atoms with Crippen LogP contribution in [0.2, 0.25) is 5.02 Å². The van der Waals surface area contributed by atoms with Crippen molar-refractivity contribution in [1.29, 1.82) is 0 Å². The molecule has 1 heterocycles. The summed E-state index contributed by atoms with van der Waals surface area (Å²) in [6.07, 6.45) is 1.68. The van der Waals surface area contributed by atoms with Gasteiger partial charge in [0.05, 0.1) is 21.2 Å². The van der Waals surface area contributed by atoms with Crippen LogP contribution in [0.25, 0.3) is 5.69 Å². The molecule has 1 aromatic heterocycles. The van der Waals surface area contributed by atoms with E-state index >= 15 is 0 Å². The van der Waals surface area contributed by atoms with Gasteiger partial charge in [-0.05, 0) is 54.6 Å². The number of hydrogen-bond acceptors (Lipinski definition) is 4. The zero-order valence-corrected chi connectivity index (χ0v) is 17.9. The third-order valence-corrected chi connectivity index (χ3v) is 6.15. The van der Waals surface area contributed by atoms with Gasteiger partial charge in [0.2, 0.25) is 0 Å². The van der Waals surface area contributed by atoms with Crippen molar-refractivity contribution in [3.63, 3.8) is 0 Å². The fraction of sp³-hybridized carbons (Fsp3) is 0. The molecular formula is C22H16ClFN4O3S. The third kappa shape index (κ3) is 4.79. The van der Waals surface area contributed by atoms with E-state index in [0.29, 0.717) is 0 Å². The first kappa shape index (κ1) is 21.5. The molecule has 4 aromatic rings. The first-order chi connectivity index (χ1) is 15.3. The molecule has 0 fully saturated rings. The number of nitrogens with one attached hydrogen (secondary N) is 2. The second kappa shape index (κ2) is 8.81. The molecule has 162 valence electrons. The Hall–Kier alpha value is -3.69. The summed E-state index contributed by atoms with van der Waals surface area (Å²) in [6, 6.07) is 19.5. The second-order valence-electron chi connectivity index (χ2n) is 6.69. The summed E-state index contributed by atoms with van der Waals surface area (Å²) in [5.74, 6) is -0.840. The predicted molar refractivity (Wildman–Crippen MR) is 120 cm³/mol. The number of sulfonamides is 1. The quantitative estimate of drug-likeness (QED) is 0.426. The number of carbonyl (C=O) groups is 1. The molecule has 7 nitrogen and oxygen atoms in total. The summed E-state index contributed by atoms with van der Waals surface area (Å²) < 4.78 is 42.4. The van der Waals surface area contributed by atoms with Gasteiger partial charge in [-0.25, -0.2) is 17.5 Å². The van der Waals surface area contributed by atoms with Crippen LogP contribution in [0.4, 0.5) is 15.9 Å². The van der Waals surface area contributed by atoms with Gasteiger partial charge in [-0.3, -0.25) is 9.52 Å². The molecule has 10 heteroatoms. The number of aromatic nitrogens is 2. The van der Waals surface area contributed by atoms with Crippen LogP contribution < -0.4 is 10.0 Å². The standard InChI is InChI=1S/C22H16ClFN4O3S/c23-20-11-10-18(32(30,31)27-16-8-6-15(24)7-9-16)14-19(20)22(29)25-21-12-13-28(26-21)17-4-2-1-3-5-17/h1-14,27H,(H,25,26,29). The fourth-order valence-electron chi connectivity index (χ4n) is 2.88. The molecule has 2 N–H and O–H groups in total. The zero-order chi connectivity index (χ0) is 22.7. The minimum atomic E-state index is -4.03. The van der Waals surface area contributed by atoms with Crippen molar-refractivity contribution < 1.29 is 17.6 Å². The normalized spacial score (nSPS) is 11.2. The van der Waals surface area contributed by atoms with Crippen molar-refractivity contribution in [3.8, 4) is 5.69 Å². The lowest BCUT2D eigenvalue weighted by atomic mass is 10.2. The Kier molecular flexibility index (Phi) is 5.93.